The molecule has 0 radical (unpaired) electrons. The Labute approximate surface area is 204 Å². The molecule has 2 N–H and O–H groups in total. The van der Waals surface area contributed by atoms with E-state index in [1.807, 2.05) is 24.3 Å². The van der Waals surface area contributed by atoms with Crippen molar-refractivity contribution < 1.29 is 24.2 Å². The van der Waals surface area contributed by atoms with Crippen LogP contribution in [0.4, 0.5) is 4.79 Å². The Kier molecular flexibility index (Phi) is 6.47. The molecular formula is C27H31N3O5. The number of fused-ring (bicyclic) bond motifs is 3. The molecule has 2 fully saturated rings. The number of likely N-dealkylation sites (N-methyl/N-ethyl adjacent to an activating group) is 1. The van der Waals surface area contributed by atoms with E-state index in [9.17, 15) is 19.5 Å². The second-order valence-corrected chi connectivity index (χ2v) is 9.82. The lowest BCUT2D eigenvalue weighted by atomic mass is 9.98. The summed E-state index contributed by atoms with van der Waals surface area (Å²) in [5.41, 5.74) is 4.57. The topological polar surface area (TPSA) is 99.2 Å². The van der Waals surface area contributed by atoms with Crippen LogP contribution in [-0.2, 0) is 14.3 Å². The van der Waals surface area contributed by atoms with Crippen molar-refractivity contribution in [3.05, 3.63) is 59.7 Å². The monoisotopic (exact) mass is 477 g/mol. The summed E-state index contributed by atoms with van der Waals surface area (Å²) >= 11 is 0. The molecule has 1 aliphatic heterocycles. The zero-order chi connectivity index (χ0) is 24.5. The Morgan fingerprint density at radius 3 is 2.26 bits per heavy atom. The fourth-order valence-electron chi connectivity index (χ4n) is 5.25. The van der Waals surface area contributed by atoms with Crippen LogP contribution in [0.2, 0.25) is 0 Å². The molecule has 184 valence electrons. The van der Waals surface area contributed by atoms with Gasteiger partial charge in [-0.2, -0.15) is 0 Å². The summed E-state index contributed by atoms with van der Waals surface area (Å²) in [6, 6.07) is 14.8. The maximum Gasteiger partial charge on any atom is 0.407 e. The van der Waals surface area contributed by atoms with Gasteiger partial charge in [0.15, 0.2) is 0 Å². The number of carbonyl (C=O) groups excluding carboxylic acids is 2. The fraction of sp³-hybridized carbons (Fsp3) is 0.444. The first-order valence-electron chi connectivity index (χ1n) is 12.3. The van der Waals surface area contributed by atoms with Gasteiger partial charge in [0.1, 0.15) is 18.7 Å². The molecular weight excluding hydrogens is 446 g/mol. The number of carboxylic acid groups (broad SMARTS) is 1. The zero-order valence-electron chi connectivity index (χ0n) is 19.9. The maximum absolute atomic E-state index is 13.3. The second-order valence-electron chi connectivity index (χ2n) is 9.82. The summed E-state index contributed by atoms with van der Waals surface area (Å²) in [4.78, 5) is 41.0. The van der Waals surface area contributed by atoms with Crippen LogP contribution in [0.1, 0.15) is 36.3 Å². The van der Waals surface area contributed by atoms with E-state index in [2.05, 4.69) is 29.6 Å². The van der Waals surface area contributed by atoms with Crippen LogP contribution >= 0.6 is 0 Å². The molecule has 0 aromatic heterocycles. The van der Waals surface area contributed by atoms with Crippen LogP contribution in [0.3, 0.4) is 0 Å². The van der Waals surface area contributed by atoms with Crippen LogP contribution in [0.15, 0.2) is 48.5 Å². The highest BCUT2D eigenvalue weighted by molar-refractivity contribution is 5.87. The van der Waals surface area contributed by atoms with Crippen LogP contribution in [0, 0.1) is 5.92 Å². The third-order valence-electron chi connectivity index (χ3n) is 7.44. The lowest BCUT2D eigenvalue weighted by molar-refractivity contribution is -0.148. The van der Waals surface area contributed by atoms with Crippen molar-refractivity contribution in [1.29, 1.82) is 0 Å². The molecule has 0 bridgehead atoms. The van der Waals surface area contributed by atoms with E-state index < -0.39 is 24.1 Å². The molecule has 1 heterocycles. The van der Waals surface area contributed by atoms with Crippen LogP contribution in [0.25, 0.3) is 11.1 Å². The number of alkyl carbamates (subject to hydrolysis) is 1. The van der Waals surface area contributed by atoms with Gasteiger partial charge < -0.3 is 20.1 Å². The highest BCUT2D eigenvalue weighted by atomic mass is 16.5. The van der Waals surface area contributed by atoms with Crippen molar-refractivity contribution in [2.45, 2.75) is 37.3 Å². The first-order chi connectivity index (χ1) is 16.9. The number of piperazine rings is 1. The number of nitrogens with one attached hydrogen (secondary N) is 1. The first-order valence-corrected chi connectivity index (χ1v) is 12.3. The normalized spacial score (nSPS) is 20.6. The average Bonchev–Trinajstić information content (AvgIpc) is 3.62. The third-order valence-corrected chi connectivity index (χ3v) is 7.44. The molecule has 5 rings (SSSR count). The molecule has 2 aromatic carbocycles. The van der Waals surface area contributed by atoms with Crippen molar-refractivity contribution in [2.75, 3.05) is 33.3 Å². The Balaban J connectivity index is 1.24. The van der Waals surface area contributed by atoms with E-state index >= 15 is 0 Å². The standard InChI is InChI=1S/C27H31N3O5/c1-29-12-13-30(15-24(29)26(32)33)25(31)23(14-17-10-11-17)28-27(34)35-16-22-20-8-4-2-6-18(20)19-7-3-5-9-21(19)22/h2-9,17,22-24H,10-16H2,1H3,(H,28,34)(H,32,33). The number of ether oxygens (including phenoxy) is 1. The van der Waals surface area contributed by atoms with Gasteiger partial charge in [-0.15, -0.1) is 0 Å². The van der Waals surface area contributed by atoms with Gasteiger partial charge in [0, 0.05) is 25.6 Å². The van der Waals surface area contributed by atoms with Crippen LogP contribution in [0.5, 0.6) is 0 Å². The summed E-state index contributed by atoms with van der Waals surface area (Å²) < 4.78 is 5.66. The Morgan fingerprint density at radius 1 is 1.03 bits per heavy atom. The fourth-order valence-corrected chi connectivity index (χ4v) is 5.25. The van der Waals surface area contributed by atoms with Gasteiger partial charge in [-0.05, 0) is 41.6 Å². The van der Waals surface area contributed by atoms with Crippen molar-refractivity contribution >= 4 is 18.0 Å². The number of rotatable bonds is 7. The SMILES string of the molecule is CN1CCN(C(=O)C(CC2CC2)NC(=O)OCC2c3ccccc3-c3ccccc32)CC1C(=O)O. The van der Waals surface area contributed by atoms with Gasteiger partial charge >= 0.3 is 12.1 Å². The summed E-state index contributed by atoms with van der Waals surface area (Å²) in [7, 11) is 1.75. The van der Waals surface area contributed by atoms with Gasteiger partial charge in [0.25, 0.3) is 0 Å². The van der Waals surface area contributed by atoms with Crippen molar-refractivity contribution in [3.8, 4) is 11.1 Å². The summed E-state index contributed by atoms with van der Waals surface area (Å²) in [6.45, 7) is 1.20. The van der Waals surface area contributed by atoms with Crippen LogP contribution < -0.4 is 5.32 Å². The van der Waals surface area contributed by atoms with E-state index in [0.29, 0.717) is 25.4 Å². The molecule has 1 saturated carbocycles. The Morgan fingerprint density at radius 2 is 1.66 bits per heavy atom. The van der Waals surface area contributed by atoms with Crippen LogP contribution in [-0.4, -0.2) is 78.2 Å². The molecule has 8 heteroatoms. The molecule has 1 saturated heterocycles. The van der Waals surface area contributed by atoms with E-state index in [1.54, 1.807) is 16.8 Å². The van der Waals surface area contributed by atoms with E-state index in [4.69, 9.17) is 4.74 Å². The predicted octanol–water partition coefficient (Wildman–Crippen LogP) is 2.92. The van der Waals surface area contributed by atoms with Gasteiger partial charge in [-0.1, -0.05) is 61.4 Å². The lowest BCUT2D eigenvalue weighted by Crippen LogP contribution is -2.59. The maximum atomic E-state index is 13.3. The molecule has 3 aliphatic rings. The lowest BCUT2D eigenvalue weighted by Gasteiger charge is -2.38. The molecule has 2 aliphatic carbocycles. The van der Waals surface area contributed by atoms with Gasteiger partial charge in [0.05, 0.1) is 0 Å². The second kappa shape index (κ2) is 9.70. The number of hydrogen-bond donors (Lipinski definition) is 2. The number of nitrogens with zero attached hydrogens (tertiary/aromatic N) is 2. The minimum Gasteiger partial charge on any atom is -0.480 e. The van der Waals surface area contributed by atoms with E-state index in [-0.39, 0.29) is 25.0 Å². The molecule has 35 heavy (non-hydrogen) atoms. The minimum absolute atomic E-state index is 0.0558. The van der Waals surface area contributed by atoms with Gasteiger partial charge in [-0.3, -0.25) is 14.5 Å². The number of carboxylic acids is 1. The van der Waals surface area contributed by atoms with E-state index in [0.717, 1.165) is 35.1 Å². The number of amides is 2. The summed E-state index contributed by atoms with van der Waals surface area (Å²) in [6.07, 6.45) is 2.01. The van der Waals surface area contributed by atoms with Crippen molar-refractivity contribution in [1.82, 2.24) is 15.1 Å². The number of benzene rings is 2. The third kappa shape index (κ3) is 4.89. The molecule has 8 nitrogen and oxygen atoms in total. The smallest absolute Gasteiger partial charge is 0.407 e. The molecule has 2 atom stereocenters. The number of aliphatic carboxylic acids is 1. The zero-order valence-corrected chi connectivity index (χ0v) is 19.9. The highest BCUT2D eigenvalue weighted by Crippen LogP contribution is 2.44. The molecule has 2 unspecified atom stereocenters. The largest absolute Gasteiger partial charge is 0.480 e. The van der Waals surface area contributed by atoms with Crippen molar-refractivity contribution in [2.24, 2.45) is 5.92 Å². The Bertz CT molecular complexity index is 1090. The number of carbonyl (C=O) groups is 3. The summed E-state index contributed by atoms with van der Waals surface area (Å²) in [5.74, 6) is -0.835. The highest BCUT2D eigenvalue weighted by Gasteiger charge is 2.38. The van der Waals surface area contributed by atoms with Gasteiger partial charge in [0.2, 0.25) is 5.91 Å². The summed E-state index contributed by atoms with van der Waals surface area (Å²) in [5, 5.41) is 12.3. The molecule has 0 spiro atoms. The van der Waals surface area contributed by atoms with E-state index in [1.165, 1.54) is 0 Å². The average molecular weight is 478 g/mol. The van der Waals surface area contributed by atoms with Gasteiger partial charge in [-0.25, -0.2) is 4.79 Å². The molecule has 2 aromatic rings. The minimum atomic E-state index is -0.951. The molecule has 2 amide bonds. The Hall–Kier alpha value is -3.39. The first kappa shape index (κ1) is 23.4. The van der Waals surface area contributed by atoms with Crippen molar-refractivity contribution in [3.63, 3.8) is 0 Å². The predicted molar refractivity (Wildman–Crippen MR) is 130 cm³/mol. The number of hydrogen-bond acceptors (Lipinski definition) is 5. The quantitative estimate of drug-likeness (QED) is 0.636.